The maximum absolute atomic E-state index is 13.6. The van der Waals surface area contributed by atoms with E-state index in [0.717, 1.165) is 4.47 Å². The van der Waals surface area contributed by atoms with Gasteiger partial charge in [0.05, 0.1) is 10.6 Å². The van der Waals surface area contributed by atoms with Gasteiger partial charge in [0.15, 0.2) is 0 Å². The fourth-order valence-electron chi connectivity index (χ4n) is 1.67. The SMILES string of the molecule is O=[N+]([O-])c1cccc(CNc2cc(Br)ccc2F)c1Br. The topological polar surface area (TPSA) is 55.2 Å². The van der Waals surface area contributed by atoms with Gasteiger partial charge in [0.1, 0.15) is 10.3 Å². The lowest BCUT2D eigenvalue weighted by atomic mass is 10.2. The number of nitro benzene ring substituents is 1. The molecule has 0 aliphatic carbocycles. The van der Waals surface area contributed by atoms with Gasteiger partial charge in [0.2, 0.25) is 0 Å². The Morgan fingerprint density at radius 2 is 2.00 bits per heavy atom. The monoisotopic (exact) mass is 402 g/mol. The molecule has 2 aromatic rings. The third-order valence-corrected chi connectivity index (χ3v) is 4.06. The van der Waals surface area contributed by atoms with Crippen molar-refractivity contribution >= 4 is 43.2 Å². The lowest BCUT2D eigenvalue weighted by Gasteiger charge is -2.09. The molecule has 0 atom stereocenters. The van der Waals surface area contributed by atoms with E-state index in [4.69, 9.17) is 0 Å². The lowest BCUT2D eigenvalue weighted by Crippen LogP contribution is -2.03. The first kappa shape index (κ1) is 14.9. The highest BCUT2D eigenvalue weighted by molar-refractivity contribution is 9.11. The van der Waals surface area contributed by atoms with E-state index in [1.54, 1.807) is 24.3 Å². The van der Waals surface area contributed by atoms with E-state index in [9.17, 15) is 14.5 Å². The van der Waals surface area contributed by atoms with Crippen molar-refractivity contribution < 1.29 is 9.31 Å². The molecule has 0 radical (unpaired) electrons. The standard InChI is InChI=1S/C13H9Br2FN2O2/c14-9-4-5-10(16)11(6-9)17-7-8-2-1-3-12(13(8)15)18(19)20/h1-6,17H,7H2. The van der Waals surface area contributed by atoms with Crippen molar-refractivity contribution in [2.45, 2.75) is 6.54 Å². The molecule has 0 aliphatic heterocycles. The highest BCUT2D eigenvalue weighted by Gasteiger charge is 2.14. The zero-order valence-corrected chi connectivity index (χ0v) is 13.2. The normalized spacial score (nSPS) is 10.3. The zero-order valence-electron chi connectivity index (χ0n) is 10.1. The van der Waals surface area contributed by atoms with Crippen molar-refractivity contribution in [2.75, 3.05) is 5.32 Å². The van der Waals surface area contributed by atoms with Crippen LogP contribution in [0.15, 0.2) is 45.3 Å². The summed E-state index contributed by atoms with van der Waals surface area (Å²) in [5.74, 6) is -0.380. The summed E-state index contributed by atoms with van der Waals surface area (Å²) >= 11 is 6.47. The second-order valence-electron chi connectivity index (χ2n) is 3.99. The third-order valence-electron chi connectivity index (χ3n) is 2.65. The number of anilines is 1. The van der Waals surface area contributed by atoms with E-state index in [0.29, 0.717) is 15.7 Å². The van der Waals surface area contributed by atoms with Crippen LogP contribution in [0.3, 0.4) is 0 Å². The first-order valence-electron chi connectivity index (χ1n) is 5.59. The van der Waals surface area contributed by atoms with Crippen molar-refractivity contribution in [1.82, 2.24) is 0 Å². The van der Waals surface area contributed by atoms with E-state index >= 15 is 0 Å². The molecule has 0 amide bonds. The quantitative estimate of drug-likeness (QED) is 0.585. The predicted octanol–water partition coefficient (Wildman–Crippen LogP) is 4.87. The molecular weight excluding hydrogens is 395 g/mol. The minimum Gasteiger partial charge on any atom is -0.379 e. The van der Waals surface area contributed by atoms with E-state index in [-0.39, 0.29) is 18.0 Å². The Labute approximate surface area is 131 Å². The van der Waals surface area contributed by atoms with Crippen LogP contribution >= 0.6 is 31.9 Å². The van der Waals surface area contributed by atoms with Gasteiger partial charge in [0.25, 0.3) is 5.69 Å². The van der Waals surface area contributed by atoms with Crippen LogP contribution < -0.4 is 5.32 Å². The molecule has 0 aromatic heterocycles. The second kappa shape index (κ2) is 6.32. The Kier molecular flexibility index (Phi) is 4.72. The van der Waals surface area contributed by atoms with Gasteiger partial charge >= 0.3 is 0 Å². The highest BCUT2D eigenvalue weighted by atomic mass is 79.9. The van der Waals surface area contributed by atoms with Crippen molar-refractivity contribution in [3.05, 3.63) is 66.8 Å². The van der Waals surface area contributed by atoms with E-state index in [1.807, 2.05) is 0 Å². The molecule has 7 heteroatoms. The summed E-state index contributed by atoms with van der Waals surface area (Å²) in [7, 11) is 0. The van der Waals surface area contributed by atoms with Gasteiger partial charge in [-0.3, -0.25) is 10.1 Å². The molecule has 0 saturated carbocycles. The molecule has 104 valence electrons. The molecule has 0 heterocycles. The minimum absolute atomic E-state index is 0.0148. The highest BCUT2D eigenvalue weighted by Crippen LogP contribution is 2.29. The van der Waals surface area contributed by atoms with Crippen molar-refractivity contribution in [2.24, 2.45) is 0 Å². The molecule has 0 saturated heterocycles. The fraction of sp³-hybridized carbons (Fsp3) is 0.0769. The molecular formula is C13H9Br2FN2O2. The number of nitrogens with one attached hydrogen (secondary N) is 1. The minimum atomic E-state index is -0.465. The molecule has 20 heavy (non-hydrogen) atoms. The number of hydrogen-bond acceptors (Lipinski definition) is 3. The Morgan fingerprint density at radius 1 is 1.25 bits per heavy atom. The van der Waals surface area contributed by atoms with E-state index in [2.05, 4.69) is 37.2 Å². The van der Waals surface area contributed by atoms with Crippen molar-refractivity contribution in [3.8, 4) is 0 Å². The zero-order chi connectivity index (χ0) is 14.7. The molecule has 2 aromatic carbocycles. The number of benzene rings is 2. The largest absolute Gasteiger partial charge is 0.379 e. The van der Waals surface area contributed by atoms with E-state index < -0.39 is 4.92 Å². The van der Waals surface area contributed by atoms with Crippen LogP contribution in [0, 0.1) is 15.9 Å². The van der Waals surface area contributed by atoms with Crippen LogP contribution in [-0.4, -0.2) is 4.92 Å². The number of nitrogens with zero attached hydrogens (tertiary/aromatic N) is 1. The van der Waals surface area contributed by atoms with Crippen LogP contribution in [0.5, 0.6) is 0 Å². The van der Waals surface area contributed by atoms with Gasteiger partial charge in [-0.15, -0.1) is 0 Å². The summed E-state index contributed by atoms with van der Waals surface area (Å²) in [5.41, 5.74) is 0.996. The third kappa shape index (κ3) is 3.34. The Bertz CT molecular complexity index is 665. The molecule has 2 rings (SSSR count). The van der Waals surface area contributed by atoms with Gasteiger partial charge in [0, 0.05) is 17.1 Å². The Morgan fingerprint density at radius 3 is 2.70 bits per heavy atom. The fourth-order valence-corrected chi connectivity index (χ4v) is 2.58. The van der Waals surface area contributed by atoms with Crippen LogP contribution in [0.25, 0.3) is 0 Å². The van der Waals surface area contributed by atoms with E-state index in [1.165, 1.54) is 12.1 Å². The summed E-state index contributed by atoms with van der Waals surface area (Å²) < 4.78 is 14.7. The summed E-state index contributed by atoms with van der Waals surface area (Å²) in [6.45, 7) is 0.273. The average Bonchev–Trinajstić information content (AvgIpc) is 2.41. The maximum atomic E-state index is 13.6. The number of hydrogen-bond donors (Lipinski definition) is 1. The van der Waals surface area contributed by atoms with Gasteiger partial charge in [-0.2, -0.15) is 0 Å². The molecule has 1 N–H and O–H groups in total. The molecule has 0 spiro atoms. The number of halogens is 3. The molecule has 0 fully saturated rings. The first-order chi connectivity index (χ1) is 9.49. The summed E-state index contributed by atoms with van der Waals surface area (Å²) in [4.78, 5) is 10.4. The Balaban J connectivity index is 2.21. The number of nitro groups is 1. The maximum Gasteiger partial charge on any atom is 0.283 e. The van der Waals surface area contributed by atoms with Crippen LogP contribution in [-0.2, 0) is 6.54 Å². The predicted molar refractivity (Wildman–Crippen MR) is 82.2 cm³/mol. The summed E-state index contributed by atoms with van der Waals surface area (Å²) in [5, 5.41) is 13.8. The van der Waals surface area contributed by atoms with Crippen LogP contribution in [0.1, 0.15) is 5.56 Å². The summed E-state index contributed by atoms with van der Waals surface area (Å²) in [6.07, 6.45) is 0. The molecule has 0 bridgehead atoms. The lowest BCUT2D eigenvalue weighted by molar-refractivity contribution is -0.385. The van der Waals surface area contributed by atoms with Crippen molar-refractivity contribution in [1.29, 1.82) is 0 Å². The Hall–Kier alpha value is -1.47. The molecule has 0 unspecified atom stereocenters. The van der Waals surface area contributed by atoms with Gasteiger partial charge in [-0.1, -0.05) is 28.1 Å². The van der Waals surface area contributed by atoms with Gasteiger partial charge in [-0.25, -0.2) is 4.39 Å². The van der Waals surface area contributed by atoms with Crippen LogP contribution in [0.4, 0.5) is 15.8 Å². The van der Waals surface area contributed by atoms with Gasteiger partial charge in [-0.05, 0) is 39.7 Å². The van der Waals surface area contributed by atoms with Gasteiger partial charge < -0.3 is 5.32 Å². The molecule has 4 nitrogen and oxygen atoms in total. The second-order valence-corrected chi connectivity index (χ2v) is 5.69. The van der Waals surface area contributed by atoms with Crippen LogP contribution in [0.2, 0.25) is 0 Å². The first-order valence-corrected chi connectivity index (χ1v) is 7.18. The van der Waals surface area contributed by atoms with Crippen molar-refractivity contribution in [3.63, 3.8) is 0 Å². The smallest absolute Gasteiger partial charge is 0.283 e. The average molecular weight is 404 g/mol. The molecule has 0 aliphatic rings. The summed E-state index contributed by atoms with van der Waals surface area (Å²) in [6, 6.07) is 9.30. The number of rotatable bonds is 4.